The zero-order valence-corrected chi connectivity index (χ0v) is 23.5. The van der Waals surface area contributed by atoms with Gasteiger partial charge in [0.15, 0.2) is 5.78 Å². The normalized spacial score (nSPS) is 12.5. The van der Waals surface area contributed by atoms with E-state index in [0.717, 1.165) is 10.4 Å². The van der Waals surface area contributed by atoms with Gasteiger partial charge in [0.1, 0.15) is 19.2 Å². The highest BCUT2D eigenvalue weighted by molar-refractivity contribution is 5.92. The highest BCUT2D eigenvalue weighted by atomic mass is 16.6. The molecule has 2 N–H and O–H groups in total. The number of tetrazole rings is 1. The maximum Gasteiger partial charge on any atom is 0.408 e. The average Bonchev–Trinajstić information content (AvgIpc) is 3.39. The van der Waals surface area contributed by atoms with Crippen molar-refractivity contribution in [2.24, 2.45) is 11.8 Å². The van der Waals surface area contributed by atoms with E-state index in [4.69, 9.17) is 4.74 Å². The van der Waals surface area contributed by atoms with Crippen LogP contribution in [-0.4, -0.2) is 55.0 Å². The molecule has 218 valence electrons. The lowest BCUT2D eigenvalue weighted by Crippen LogP contribution is -2.52. The van der Waals surface area contributed by atoms with Gasteiger partial charge in [0.05, 0.1) is 11.0 Å². The van der Waals surface area contributed by atoms with Crippen molar-refractivity contribution in [3.05, 3.63) is 70.3 Å². The molecule has 0 aliphatic rings. The highest BCUT2D eigenvalue weighted by Gasteiger charge is 2.29. The number of nitrogens with one attached hydrogen (secondary N) is 2. The minimum Gasteiger partial charge on any atom is -0.445 e. The zero-order chi connectivity index (χ0) is 29.9. The van der Waals surface area contributed by atoms with Crippen LogP contribution in [0.1, 0.15) is 46.1 Å². The van der Waals surface area contributed by atoms with Gasteiger partial charge in [-0.1, -0.05) is 58.0 Å². The number of carbonyl (C=O) groups is 3. The minimum absolute atomic E-state index is 0.0594. The van der Waals surface area contributed by atoms with E-state index in [-0.39, 0.29) is 42.3 Å². The second kappa shape index (κ2) is 14.6. The van der Waals surface area contributed by atoms with Crippen molar-refractivity contribution in [2.45, 2.75) is 65.8 Å². The molecule has 2 atom stereocenters. The fourth-order valence-corrected chi connectivity index (χ4v) is 4.03. The SMILES string of the molecule is CC(C)CC(NC(=O)C(CC(C)C)NC(=O)OCc1ccccc1)C(=O)Cn1nnc(-c2ccc([N+](=O)[O-])cc2)n1. The summed E-state index contributed by atoms with van der Waals surface area (Å²) in [4.78, 5) is 50.5. The number of non-ortho nitro benzene ring substituents is 1. The van der Waals surface area contributed by atoms with Gasteiger partial charge < -0.3 is 15.4 Å². The van der Waals surface area contributed by atoms with Crippen LogP contribution in [0.2, 0.25) is 0 Å². The Balaban J connectivity index is 1.65. The standard InChI is InChI=1S/C28H35N7O6/c1-18(2)14-23(25(36)16-34-32-26(31-33-34)21-10-12-22(13-11-21)35(39)40)29-27(37)24(15-19(3)4)30-28(38)41-17-20-8-6-5-7-9-20/h5-13,18-19,23-24H,14-17H2,1-4H3,(H,29,37)(H,30,38). The lowest BCUT2D eigenvalue weighted by atomic mass is 9.98. The Bertz CT molecular complexity index is 1330. The number of amides is 2. The molecule has 0 aliphatic carbocycles. The van der Waals surface area contributed by atoms with Crippen LogP contribution in [0.15, 0.2) is 54.6 Å². The molecule has 0 bridgehead atoms. The summed E-state index contributed by atoms with van der Waals surface area (Å²) in [7, 11) is 0. The number of nitrogens with zero attached hydrogens (tertiary/aromatic N) is 5. The third kappa shape index (κ3) is 9.78. The molecule has 2 unspecified atom stereocenters. The molecule has 3 rings (SSSR count). The van der Waals surface area contributed by atoms with Gasteiger partial charge in [0.25, 0.3) is 5.69 Å². The summed E-state index contributed by atoms with van der Waals surface area (Å²) in [6.07, 6.45) is -0.0219. The Labute approximate surface area is 237 Å². The third-order valence-electron chi connectivity index (χ3n) is 6.03. The smallest absolute Gasteiger partial charge is 0.408 e. The number of hydrogen-bond acceptors (Lipinski definition) is 9. The molecule has 13 nitrogen and oxygen atoms in total. The summed E-state index contributed by atoms with van der Waals surface area (Å²) in [6.45, 7) is 7.51. The van der Waals surface area contributed by atoms with Crippen LogP contribution in [0.5, 0.6) is 0 Å². The second-order valence-electron chi connectivity index (χ2n) is 10.5. The first kappa shape index (κ1) is 30.9. The highest BCUT2D eigenvalue weighted by Crippen LogP contribution is 2.18. The molecule has 0 radical (unpaired) electrons. The molecular weight excluding hydrogens is 530 g/mol. The molecule has 0 fully saturated rings. The summed E-state index contributed by atoms with van der Waals surface area (Å²) >= 11 is 0. The summed E-state index contributed by atoms with van der Waals surface area (Å²) in [5, 5.41) is 28.4. The van der Waals surface area contributed by atoms with Crippen LogP contribution in [0.3, 0.4) is 0 Å². The Morgan fingerprint density at radius 2 is 1.56 bits per heavy atom. The van der Waals surface area contributed by atoms with Crippen LogP contribution in [0.4, 0.5) is 10.5 Å². The van der Waals surface area contributed by atoms with E-state index in [2.05, 4.69) is 26.0 Å². The van der Waals surface area contributed by atoms with Crippen LogP contribution in [0.25, 0.3) is 11.4 Å². The lowest BCUT2D eigenvalue weighted by molar-refractivity contribution is -0.384. The quantitative estimate of drug-likeness (QED) is 0.218. The number of rotatable bonds is 14. The number of nitro benzene ring substituents is 1. The summed E-state index contributed by atoms with van der Waals surface area (Å²) < 4.78 is 5.29. The molecule has 0 saturated carbocycles. The van der Waals surface area contributed by atoms with Crippen molar-refractivity contribution >= 4 is 23.5 Å². The van der Waals surface area contributed by atoms with Crippen LogP contribution < -0.4 is 10.6 Å². The molecule has 13 heteroatoms. The molecule has 3 aromatic rings. The molecule has 1 aromatic heterocycles. The van der Waals surface area contributed by atoms with E-state index in [9.17, 15) is 24.5 Å². The van der Waals surface area contributed by atoms with Gasteiger partial charge in [0, 0.05) is 17.7 Å². The molecule has 2 aromatic carbocycles. The largest absolute Gasteiger partial charge is 0.445 e. The summed E-state index contributed by atoms with van der Waals surface area (Å²) in [5.41, 5.74) is 1.25. The van der Waals surface area contributed by atoms with E-state index in [0.29, 0.717) is 18.4 Å². The molecular formula is C28H35N7O6. The molecule has 41 heavy (non-hydrogen) atoms. The second-order valence-corrected chi connectivity index (χ2v) is 10.5. The van der Waals surface area contributed by atoms with E-state index in [1.807, 2.05) is 58.0 Å². The maximum atomic E-state index is 13.3. The number of benzene rings is 2. The van der Waals surface area contributed by atoms with Crippen molar-refractivity contribution in [3.8, 4) is 11.4 Å². The molecule has 1 heterocycles. The fourth-order valence-electron chi connectivity index (χ4n) is 4.03. The van der Waals surface area contributed by atoms with Gasteiger partial charge in [-0.15, -0.1) is 10.2 Å². The van der Waals surface area contributed by atoms with Crippen LogP contribution in [-0.2, 0) is 27.5 Å². The first-order valence-corrected chi connectivity index (χ1v) is 13.3. The van der Waals surface area contributed by atoms with Gasteiger partial charge in [0.2, 0.25) is 11.7 Å². The number of nitro groups is 1. The van der Waals surface area contributed by atoms with Crippen LogP contribution >= 0.6 is 0 Å². The van der Waals surface area contributed by atoms with Crippen molar-refractivity contribution in [2.75, 3.05) is 0 Å². The molecule has 0 saturated heterocycles. The Kier molecular flexibility index (Phi) is 11.0. The summed E-state index contributed by atoms with van der Waals surface area (Å²) in [6, 6.07) is 13.1. The van der Waals surface area contributed by atoms with Crippen molar-refractivity contribution < 1.29 is 24.0 Å². The fraction of sp³-hybridized carbons (Fsp3) is 0.429. The number of Topliss-reactive ketones (excluding diaryl/α,β-unsaturated/α-hetero) is 1. The first-order valence-electron chi connectivity index (χ1n) is 13.3. The van der Waals surface area contributed by atoms with Gasteiger partial charge >= 0.3 is 6.09 Å². The average molecular weight is 566 g/mol. The third-order valence-corrected chi connectivity index (χ3v) is 6.03. The Morgan fingerprint density at radius 3 is 2.17 bits per heavy atom. The van der Waals surface area contributed by atoms with Crippen molar-refractivity contribution in [1.82, 2.24) is 30.8 Å². The predicted molar refractivity (Wildman–Crippen MR) is 149 cm³/mol. The minimum atomic E-state index is -0.904. The van der Waals surface area contributed by atoms with Gasteiger partial charge in [-0.2, -0.15) is 4.80 Å². The Hall–Kier alpha value is -4.68. The van der Waals surface area contributed by atoms with Gasteiger partial charge in [-0.3, -0.25) is 19.7 Å². The topological polar surface area (TPSA) is 171 Å². The maximum absolute atomic E-state index is 13.3. The predicted octanol–water partition coefficient (Wildman–Crippen LogP) is 3.69. The lowest BCUT2D eigenvalue weighted by Gasteiger charge is -2.24. The van der Waals surface area contributed by atoms with E-state index in [1.54, 1.807) is 0 Å². The Morgan fingerprint density at radius 1 is 0.927 bits per heavy atom. The monoisotopic (exact) mass is 565 g/mol. The first-order chi connectivity index (χ1) is 19.5. The van der Waals surface area contributed by atoms with Crippen molar-refractivity contribution in [3.63, 3.8) is 0 Å². The zero-order valence-electron chi connectivity index (χ0n) is 23.5. The number of ether oxygens (including phenoxy) is 1. The number of alkyl carbamates (subject to hydrolysis) is 1. The van der Waals surface area contributed by atoms with Crippen molar-refractivity contribution in [1.29, 1.82) is 0 Å². The molecule has 0 aliphatic heterocycles. The molecule has 2 amide bonds. The number of hydrogen-bond donors (Lipinski definition) is 2. The molecule has 0 spiro atoms. The van der Waals surface area contributed by atoms with Gasteiger partial charge in [-0.25, -0.2) is 4.79 Å². The number of aromatic nitrogens is 4. The van der Waals surface area contributed by atoms with E-state index >= 15 is 0 Å². The van der Waals surface area contributed by atoms with Crippen LogP contribution in [0, 0.1) is 22.0 Å². The van der Waals surface area contributed by atoms with Gasteiger partial charge in [-0.05, 0) is 47.6 Å². The summed E-state index contributed by atoms with van der Waals surface area (Å²) in [5.74, 6) is -0.470. The van der Waals surface area contributed by atoms with E-state index < -0.39 is 29.0 Å². The number of ketones is 1. The number of carbonyl (C=O) groups excluding carboxylic acids is 3. The van der Waals surface area contributed by atoms with E-state index in [1.165, 1.54) is 24.3 Å².